The number of hydrazone groups is 1. The zero-order chi connectivity index (χ0) is 17.8. The fourth-order valence-electron chi connectivity index (χ4n) is 2.05. The van der Waals surface area contributed by atoms with Crippen LogP contribution in [0.15, 0.2) is 47.6 Å². The standard InChI is InChI=1S/C16H13N5O3S/c1-10-2-7-15(25-10)13-8-14(19-18-13)16(22)20-17-9-11-3-5-12(6-4-11)21(23)24/h2-9H,1H3,(H,18,19)(H,20,22)/b17-9-. The van der Waals surface area contributed by atoms with E-state index in [9.17, 15) is 14.9 Å². The van der Waals surface area contributed by atoms with Gasteiger partial charge in [-0.2, -0.15) is 10.2 Å². The molecule has 1 amide bonds. The summed E-state index contributed by atoms with van der Waals surface area (Å²) in [6, 6.07) is 11.4. The fourth-order valence-corrected chi connectivity index (χ4v) is 2.88. The van der Waals surface area contributed by atoms with Gasteiger partial charge in [-0.05, 0) is 42.8 Å². The molecule has 1 aromatic carbocycles. The van der Waals surface area contributed by atoms with Crippen molar-refractivity contribution in [2.45, 2.75) is 6.92 Å². The minimum absolute atomic E-state index is 0.00551. The van der Waals surface area contributed by atoms with Gasteiger partial charge in [-0.15, -0.1) is 11.3 Å². The molecule has 9 heteroatoms. The summed E-state index contributed by atoms with van der Waals surface area (Å²) in [4.78, 5) is 24.3. The van der Waals surface area contributed by atoms with Crippen molar-refractivity contribution in [1.82, 2.24) is 15.6 Å². The first-order valence-corrected chi connectivity index (χ1v) is 8.04. The largest absolute Gasteiger partial charge is 0.291 e. The van der Waals surface area contributed by atoms with Gasteiger partial charge in [0, 0.05) is 17.0 Å². The van der Waals surface area contributed by atoms with Crippen molar-refractivity contribution >= 4 is 29.1 Å². The molecule has 0 aliphatic rings. The number of aryl methyl sites for hydroxylation is 1. The topological polar surface area (TPSA) is 113 Å². The number of rotatable bonds is 5. The number of amides is 1. The molecule has 0 fully saturated rings. The number of carbonyl (C=O) groups is 1. The summed E-state index contributed by atoms with van der Waals surface area (Å²) < 4.78 is 0. The van der Waals surface area contributed by atoms with Gasteiger partial charge in [0.2, 0.25) is 0 Å². The average molecular weight is 355 g/mol. The van der Waals surface area contributed by atoms with E-state index >= 15 is 0 Å². The molecular formula is C16H13N5O3S. The normalized spacial score (nSPS) is 10.9. The van der Waals surface area contributed by atoms with Crippen LogP contribution in [0.3, 0.4) is 0 Å². The number of non-ortho nitro benzene ring substituents is 1. The third kappa shape index (κ3) is 3.96. The molecule has 0 spiro atoms. The number of nitro groups is 1. The Morgan fingerprint density at radius 3 is 2.72 bits per heavy atom. The molecule has 0 unspecified atom stereocenters. The van der Waals surface area contributed by atoms with Gasteiger partial charge in [-0.3, -0.25) is 20.0 Å². The molecule has 0 radical (unpaired) electrons. The minimum atomic E-state index is -0.479. The first-order valence-electron chi connectivity index (χ1n) is 7.23. The number of nitro benzene ring substituents is 1. The predicted molar refractivity (Wildman–Crippen MR) is 94.8 cm³/mol. The van der Waals surface area contributed by atoms with Gasteiger partial charge in [-0.25, -0.2) is 5.43 Å². The van der Waals surface area contributed by atoms with Crippen LogP contribution in [0.1, 0.15) is 20.9 Å². The Balaban J connectivity index is 1.62. The van der Waals surface area contributed by atoms with Crippen LogP contribution in [0.5, 0.6) is 0 Å². The minimum Gasteiger partial charge on any atom is -0.276 e. The molecule has 3 aromatic rings. The van der Waals surface area contributed by atoms with E-state index in [1.165, 1.54) is 23.2 Å². The maximum atomic E-state index is 12.0. The second-order valence-corrected chi connectivity index (χ2v) is 6.41. The number of H-pyrrole nitrogens is 1. The van der Waals surface area contributed by atoms with Crippen molar-refractivity contribution in [2.75, 3.05) is 0 Å². The molecule has 0 saturated carbocycles. The van der Waals surface area contributed by atoms with E-state index in [0.29, 0.717) is 5.56 Å². The molecule has 8 nitrogen and oxygen atoms in total. The van der Waals surface area contributed by atoms with Crippen molar-refractivity contribution in [1.29, 1.82) is 0 Å². The zero-order valence-electron chi connectivity index (χ0n) is 13.1. The quantitative estimate of drug-likeness (QED) is 0.416. The van der Waals surface area contributed by atoms with E-state index in [1.807, 2.05) is 19.1 Å². The molecule has 25 heavy (non-hydrogen) atoms. The SMILES string of the molecule is Cc1ccc(-c2cc(C(=O)N/N=C\c3ccc([N+](=O)[O-])cc3)n[nH]2)s1. The second-order valence-electron chi connectivity index (χ2n) is 5.12. The maximum absolute atomic E-state index is 12.0. The lowest BCUT2D eigenvalue weighted by atomic mass is 10.2. The molecule has 126 valence electrons. The van der Waals surface area contributed by atoms with Crippen LogP contribution in [-0.4, -0.2) is 27.2 Å². The number of aromatic amines is 1. The summed E-state index contributed by atoms with van der Waals surface area (Å²) >= 11 is 1.60. The molecule has 2 heterocycles. The average Bonchev–Trinajstić information content (AvgIpc) is 3.24. The third-order valence-electron chi connectivity index (χ3n) is 3.30. The number of hydrogen-bond acceptors (Lipinski definition) is 6. The van der Waals surface area contributed by atoms with Crippen molar-refractivity contribution in [3.63, 3.8) is 0 Å². The Morgan fingerprint density at radius 1 is 1.32 bits per heavy atom. The number of benzene rings is 1. The lowest BCUT2D eigenvalue weighted by Crippen LogP contribution is -2.17. The van der Waals surface area contributed by atoms with Gasteiger partial charge in [0.25, 0.3) is 11.6 Å². The van der Waals surface area contributed by atoms with Crippen molar-refractivity contribution in [2.24, 2.45) is 5.10 Å². The van der Waals surface area contributed by atoms with Crippen LogP contribution >= 0.6 is 11.3 Å². The number of nitrogens with one attached hydrogen (secondary N) is 2. The van der Waals surface area contributed by atoms with Crippen LogP contribution in [0, 0.1) is 17.0 Å². The molecule has 3 rings (SSSR count). The summed E-state index contributed by atoms with van der Waals surface area (Å²) in [7, 11) is 0. The van der Waals surface area contributed by atoms with Crippen LogP contribution < -0.4 is 5.43 Å². The highest BCUT2D eigenvalue weighted by atomic mass is 32.1. The van der Waals surface area contributed by atoms with Gasteiger partial charge in [0.05, 0.1) is 21.7 Å². The van der Waals surface area contributed by atoms with Crippen LogP contribution in [-0.2, 0) is 0 Å². The van der Waals surface area contributed by atoms with Crippen molar-refractivity contribution < 1.29 is 9.72 Å². The van der Waals surface area contributed by atoms with E-state index in [-0.39, 0.29) is 11.4 Å². The van der Waals surface area contributed by atoms with Crippen molar-refractivity contribution in [3.05, 3.63) is 68.7 Å². The highest BCUT2D eigenvalue weighted by Gasteiger charge is 2.11. The molecule has 0 saturated heterocycles. The Morgan fingerprint density at radius 2 is 2.08 bits per heavy atom. The Hall–Kier alpha value is -3.33. The molecule has 0 aliphatic carbocycles. The number of thiophene rings is 1. The van der Waals surface area contributed by atoms with Gasteiger partial charge < -0.3 is 0 Å². The maximum Gasteiger partial charge on any atom is 0.291 e. The first-order chi connectivity index (χ1) is 12.0. The van der Waals surface area contributed by atoms with Gasteiger partial charge in [0.15, 0.2) is 5.69 Å². The number of aromatic nitrogens is 2. The van der Waals surface area contributed by atoms with E-state index in [0.717, 1.165) is 10.6 Å². The first kappa shape index (κ1) is 16.5. The predicted octanol–water partition coefficient (Wildman–Crippen LogP) is 3.12. The molecule has 2 aromatic heterocycles. The van der Waals surface area contributed by atoms with Gasteiger partial charge >= 0.3 is 0 Å². The summed E-state index contributed by atoms with van der Waals surface area (Å²) in [5.74, 6) is -0.450. The smallest absolute Gasteiger partial charge is 0.276 e. The molecule has 0 atom stereocenters. The molecular weight excluding hydrogens is 342 g/mol. The second kappa shape index (κ2) is 7.05. The monoisotopic (exact) mass is 355 g/mol. The molecule has 0 aliphatic heterocycles. The van der Waals surface area contributed by atoms with E-state index in [2.05, 4.69) is 20.7 Å². The number of hydrogen-bond donors (Lipinski definition) is 2. The Bertz CT molecular complexity index is 943. The third-order valence-corrected chi connectivity index (χ3v) is 4.33. The molecule has 0 bridgehead atoms. The Kier molecular flexibility index (Phi) is 4.66. The van der Waals surface area contributed by atoms with Crippen LogP contribution in [0.25, 0.3) is 10.6 Å². The van der Waals surface area contributed by atoms with Crippen LogP contribution in [0.4, 0.5) is 5.69 Å². The highest BCUT2D eigenvalue weighted by Crippen LogP contribution is 2.26. The van der Waals surface area contributed by atoms with Crippen LogP contribution in [0.2, 0.25) is 0 Å². The summed E-state index contributed by atoms with van der Waals surface area (Å²) in [5, 5.41) is 21.2. The summed E-state index contributed by atoms with van der Waals surface area (Å²) in [6.45, 7) is 2.01. The van der Waals surface area contributed by atoms with Crippen molar-refractivity contribution in [3.8, 4) is 10.6 Å². The zero-order valence-corrected chi connectivity index (χ0v) is 13.9. The van der Waals surface area contributed by atoms with Gasteiger partial charge in [0.1, 0.15) is 0 Å². The number of nitrogens with zero attached hydrogens (tertiary/aromatic N) is 3. The lowest BCUT2D eigenvalue weighted by Gasteiger charge is -1.95. The highest BCUT2D eigenvalue weighted by molar-refractivity contribution is 7.15. The van der Waals surface area contributed by atoms with E-state index in [1.54, 1.807) is 29.5 Å². The number of carbonyl (C=O) groups excluding carboxylic acids is 1. The fraction of sp³-hybridized carbons (Fsp3) is 0.0625. The summed E-state index contributed by atoms with van der Waals surface area (Å²) in [6.07, 6.45) is 1.40. The van der Waals surface area contributed by atoms with E-state index < -0.39 is 10.8 Å². The van der Waals surface area contributed by atoms with Gasteiger partial charge in [-0.1, -0.05) is 0 Å². The Labute approximate surface area is 146 Å². The molecule has 2 N–H and O–H groups in total. The van der Waals surface area contributed by atoms with E-state index in [4.69, 9.17) is 0 Å². The lowest BCUT2D eigenvalue weighted by molar-refractivity contribution is -0.384. The summed E-state index contributed by atoms with van der Waals surface area (Å²) in [5.41, 5.74) is 3.98.